The fraction of sp³-hybridized carbons (Fsp3) is 0.417. The molecular weight excluding hydrogens is 174 g/mol. The Morgan fingerprint density at radius 1 is 1.36 bits per heavy atom. The van der Waals surface area contributed by atoms with Crippen LogP contribution in [0.4, 0.5) is 0 Å². The summed E-state index contributed by atoms with van der Waals surface area (Å²) in [5.74, 6) is 1.26. The Morgan fingerprint density at radius 3 is 2.64 bits per heavy atom. The van der Waals surface area contributed by atoms with Crippen LogP contribution in [0.25, 0.3) is 0 Å². The fourth-order valence-corrected chi connectivity index (χ4v) is 3.03. The van der Waals surface area contributed by atoms with E-state index in [0.29, 0.717) is 11.8 Å². The number of piperidine rings is 1. The van der Waals surface area contributed by atoms with Gasteiger partial charge in [-0.3, -0.25) is 4.79 Å². The molecule has 2 fully saturated rings. The van der Waals surface area contributed by atoms with Gasteiger partial charge >= 0.3 is 0 Å². The molecule has 1 amide bonds. The van der Waals surface area contributed by atoms with E-state index in [1.165, 1.54) is 5.56 Å². The minimum Gasteiger partial charge on any atom is -0.355 e. The van der Waals surface area contributed by atoms with Gasteiger partial charge in [-0.05, 0) is 17.4 Å². The normalized spacial score (nSPS) is 39.1. The smallest absolute Gasteiger partial charge is 0.231 e. The first-order chi connectivity index (χ1) is 6.78. The molecule has 0 radical (unpaired) electrons. The summed E-state index contributed by atoms with van der Waals surface area (Å²) in [5.41, 5.74) is 1.01. The van der Waals surface area contributed by atoms with Gasteiger partial charge in [0.25, 0.3) is 0 Å². The molecule has 1 aliphatic carbocycles. The van der Waals surface area contributed by atoms with Crippen LogP contribution in [0, 0.1) is 11.8 Å². The molecule has 2 nitrogen and oxygen atoms in total. The van der Waals surface area contributed by atoms with Gasteiger partial charge in [-0.2, -0.15) is 0 Å². The first kappa shape index (κ1) is 8.04. The molecule has 3 unspecified atom stereocenters. The Kier molecular flexibility index (Phi) is 1.37. The number of hydrogen-bond acceptors (Lipinski definition) is 1. The number of amides is 1. The number of carbonyl (C=O) groups excluding carboxylic acids is 1. The largest absolute Gasteiger partial charge is 0.355 e. The Hall–Kier alpha value is -1.31. The van der Waals surface area contributed by atoms with Crippen LogP contribution in [0.3, 0.4) is 0 Å². The molecule has 72 valence electrons. The predicted molar refractivity (Wildman–Crippen MR) is 53.8 cm³/mol. The van der Waals surface area contributed by atoms with E-state index in [0.717, 1.165) is 6.54 Å². The van der Waals surface area contributed by atoms with Gasteiger partial charge in [0.05, 0.1) is 5.41 Å². The molecule has 0 aromatic heterocycles. The highest BCUT2D eigenvalue weighted by Gasteiger charge is 2.70. The van der Waals surface area contributed by atoms with Crippen molar-refractivity contribution in [2.24, 2.45) is 11.8 Å². The fourth-order valence-electron chi connectivity index (χ4n) is 3.03. The van der Waals surface area contributed by atoms with Crippen molar-refractivity contribution in [3.63, 3.8) is 0 Å². The van der Waals surface area contributed by atoms with Gasteiger partial charge < -0.3 is 5.32 Å². The van der Waals surface area contributed by atoms with Crippen molar-refractivity contribution >= 4 is 5.91 Å². The highest BCUT2D eigenvalue weighted by atomic mass is 16.2. The molecule has 2 aliphatic rings. The number of carbonyl (C=O) groups is 1. The van der Waals surface area contributed by atoms with E-state index < -0.39 is 0 Å². The lowest BCUT2D eigenvalue weighted by Gasteiger charge is -2.12. The Bertz CT molecular complexity index is 387. The van der Waals surface area contributed by atoms with Crippen LogP contribution in [0.2, 0.25) is 0 Å². The van der Waals surface area contributed by atoms with Crippen LogP contribution >= 0.6 is 0 Å². The third-order valence-corrected chi connectivity index (χ3v) is 3.91. The van der Waals surface area contributed by atoms with Gasteiger partial charge in [0, 0.05) is 6.54 Å². The van der Waals surface area contributed by atoms with E-state index in [2.05, 4.69) is 24.4 Å². The summed E-state index contributed by atoms with van der Waals surface area (Å²) in [6.45, 7) is 3.03. The molecule has 1 aliphatic heterocycles. The lowest BCUT2D eigenvalue weighted by atomic mass is 9.92. The van der Waals surface area contributed by atoms with Crippen LogP contribution in [-0.2, 0) is 10.2 Å². The molecule has 14 heavy (non-hydrogen) atoms. The molecule has 0 spiro atoms. The van der Waals surface area contributed by atoms with Crippen molar-refractivity contribution in [1.29, 1.82) is 0 Å². The quantitative estimate of drug-likeness (QED) is 0.706. The zero-order chi connectivity index (χ0) is 9.76. The highest BCUT2D eigenvalue weighted by molar-refractivity contribution is 5.95. The number of rotatable bonds is 1. The Labute approximate surface area is 83.3 Å². The van der Waals surface area contributed by atoms with Crippen molar-refractivity contribution in [1.82, 2.24) is 5.32 Å². The summed E-state index contributed by atoms with van der Waals surface area (Å²) in [7, 11) is 0. The zero-order valence-electron chi connectivity index (χ0n) is 8.16. The van der Waals surface area contributed by atoms with Crippen molar-refractivity contribution < 1.29 is 4.79 Å². The first-order valence-electron chi connectivity index (χ1n) is 5.11. The molecule has 1 N–H and O–H groups in total. The first-order valence-corrected chi connectivity index (χ1v) is 5.11. The van der Waals surface area contributed by atoms with E-state index in [1.54, 1.807) is 0 Å². The predicted octanol–water partition coefficient (Wildman–Crippen LogP) is 1.32. The maximum atomic E-state index is 11.8. The SMILES string of the molecule is CC1C2CNC(=O)C12c1ccccc1. The molecule has 1 aromatic carbocycles. The monoisotopic (exact) mass is 187 g/mol. The van der Waals surface area contributed by atoms with E-state index in [1.807, 2.05) is 18.2 Å². The number of hydrogen-bond donors (Lipinski definition) is 1. The topological polar surface area (TPSA) is 29.1 Å². The van der Waals surface area contributed by atoms with Gasteiger partial charge in [-0.1, -0.05) is 37.3 Å². The zero-order valence-corrected chi connectivity index (χ0v) is 8.16. The van der Waals surface area contributed by atoms with Crippen molar-refractivity contribution in [3.05, 3.63) is 35.9 Å². The summed E-state index contributed by atoms with van der Waals surface area (Å²) in [6, 6.07) is 10.2. The maximum Gasteiger partial charge on any atom is 0.231 e. The van der Waals surface area contributed by atoms with Crippen LogP contribution < -0.4 is 5.32 Å². The standard InChI is InChI=1S/C12H13NO/c1-8-10-7-13-11(14)12(8,10)9-5-3-2-4-6-9/h2-6,8,10H,7H2,1H3,(H,13,14). The second kappa shape index (κ2) is 2.38. The van der Waals surface area contributed by atoms with Crippen LogP contribution in [-0.4, -0.2) is 12.5 Å². The summed E-state index contributed by atoms with van der Waals surface area (Å²) in [4.78, 5) is 11.8. The summed E-state index contributed by atoms with van der Waals surface area (Å²) in [6.07, 6.45) is 0. The maximum absolute atomic E-state index is 11.8. The van der Waals surface area contributed by atoms with Crippen molar-refractivity contribution in [3.8, 4) is 0 Å². The lowest BCUT2D eigenvalue weighted by Crippen LogP contribution is -2.30. The van der Waals surface area contributed by atoms with Gasteiger partial charge in [0.2, 0.25) is 5.91 Å². The lowest BCUT2D eigenvalue weighted by molar-refractivity contribution is -0.122. The molecule has 1 saturated carbocycles. The number of nitrogens with one attached hydrogen (secondary N) is 1. The minimum absolute atomic E-state index is 0.179. The molecule has 2 heteroatoms. The third-order valence-electron chi connectivity index (χ3n) is 3.91. The Morgan fingerprint density at radius 2 is 2.07 bits per heavy atom. The molecule has 3 rings (SSSR count). The summed E-state index contributed by atoms with van der Waals surface area (Å²) >= 11 is 0. The highest BCUT2D eigenvalue weighted by Crippen LogP contribution is 2.62. The molecule has 0 bridgehead atoms. The van der Waals surface area contributed by atoms with E-state index >= 15 is 0 Å². The van der Waals surface area contributed by atoms with Crippen LogP contribution in [0.15, 0.2) is 30.3 Å². The van der Waals surface area contributed by atoms with Gasteiger partial charge in [-0.15, -0.1) is 0 Å². The molecular formula is C12H13NO. The molecule has 1 aromatic rings. The van der Waals surface area contributed by atoms with Crippen molar-refractivity contribution in [2.45, 2.75) is 12.3 Å². The van der Waals surface area contributed by atoms with Crippen molar-refractivity contribution in [2.75, 3.05) is 6.54 Å². The van der Waals surface area contributed by atoms with Gasteiger partial charge in [0.15, 0.2) is 0 Å². The minimum atomic E-state index is -0.179. The third kappa shape index (κ3) is 0.707. The summed E-state index contributed by atoms with van der Waals surface area (Å²) < 4.78 is 0. The average Bonchev–Trinajstić information content (AvgIpc) is 2.64. The van der Waals surface area contributed by atoms with Gasteiger partial charge in [0.1, 0.15) is 0 Å². The van der Waals surface area contributed by atoms with E-state index in [4.69, 9.17) is 0 Å². The van der Waals surface area contributed by atoms with E-state index in [9.17, 15) is 4.79 Å². The van der Waals surface area contributed by atoms with Gasteiger partial charge in [-0.25, -0.2) is 0 Å². The van der Waals surface area contributed by atoms with Crippen LogP contribution in [0.5, 0.6) is 0 Å². The number of fused-ring (bicyclic) bond motifs is 1. The second-order valence-corrected chi connectivity index (χ2v) is 4.34. The molecule has 1 heterocycles. The average molecular weight is 187 g/mol. The molecule has 3 atom stereocenters. The Balaban J connectivity index is 2.10. The molecule has 1 saturated heterocycles. The van der Waals surface area contributed by atoms with Crippen LogP contribution in [0.1, 0.15) is 12.5 Å². The number of benzene rings is 1. The second-order valence-electron chi connectivity index (χ2n) is 4.34. The van der Waals surface area contributed by atoms with E-state index in [-0.39, 0.29) is 11.3 Å². The summed E-state index contributed by atoms with van der Waals surface area (Å²) in [5, 5.41) is 2.95.